The lowest BCUT2D eigenvalue weighted by atomic mass is 9.81. The molecule has 1 N–H and O–H groups in total. The van der Waals surface area contributed by atoms with Crippen LogP contribution in [-0.2, 0) is 16.0 Å². The Hall–Kier alpha value is -2.47. The number of carbonyl (C=O) groups is 1. The number of nitrogens with one attached hydrogen (secondary N) is 1. The third kappa shape index (κ3) is 3.42. The molecule has 136 valence electrons. The van der Waals surface area contributed by atoms with Gasteiger partial charge in [0.25, 0.3) is 0 Å². The van der Waals surface area contributed by atoms with Crippen molar-refractivity contribution in [3.8, 4) is 0 Å². The Morgan fingerprint density at radius 1 is 1.35 bits per heavy atom. The van der Waals surface area contributed by atoms with Crippen molar-refractivity contribution in [1.29, 1.82) is 0 Å². The zero-order valence-corrected chi connectivity index (χ0v) is 14.5. The summed E-state index contributed by atoms with van der Waals surface area (Å²) in [5.41, 5.74) is 0.624. The van der Waals surface area contributed by atoms with Crippen LogP contribution >= 0.6 is 0 Å². The van der Waals surface area contributed by atoms with Gasteiger partial charge >= 0.3 is 0 Å². The highest BCUT2D eigenvalue weighted by Crippen LogP contribution is 2.41. The summed E-state index contributed by atoms with van der Waals surface area (Å²) in [6.45, 7) is 3.39. The van der Waals surface area contributed by atoms with E-state index < -0.39 is 0 Å². The van der Waals surface area contributed by atoms with Crippen molar-refractivity contribution in [1.82, 2.24) is 9.88 Å². The first-order chi connectivity index (χ1) is 12.6. The van der Waals surface area contributed by atoms with Gasteiger partial charge < -0.3 is 15.0 Å². The van der Waals surface area contributed by atoms with Gasteiger partial charge in [-0.15, -0.1) is 0 Å². The smallest absolute Gasteiger partial charge is 0.227 e. The first kappa shape index (κ1) is 17.0. The van der Waals surface area contributed by atoms with Crippen molar-refractivity contribution >= 4 is 11.7 Å². The van der Waals surface area contributed by atoms with E-state index in [0.29, 0.717) is 37.8 Å². The molecule has 4 rings (SSSR count). The van der Waals surface area contributed by atoms with E-state index in [2.05, 4.69) is 10.3 Å². The number of fused-ring (bicyclic) bond motifs is 1. The van der Waals surface area contributed by atoms with Gasteiger partial charge in [-0.05, 0) is 29.8 Å². The van der Waals surface area contributed by atoms with E-state index >= 15 is 0 Å². The van der Waals surface area contributed by atoms with E-state index in [9.17, 15) is 9.18 Å². The number of likely N-dealkylation sites (tertiary alicyclic amines) is 1. The van der Waals surface area contributed by atoms with Crippen LogP contribution in [0.25, 0.3) is 0 Å². The Kier molecular flexibility index (Phi) is 4.59. The predicted molar refractivity (Wildman–Crippen MR) is 96.2 cm³/mol. The molecule has 2 aromatic rings. The normalized spacial score (nSPS) is 24.5. The molecular weight excluding hydrogens is 333 g/mol. The number of benzene rings is 1. The summed E-state index contributed by atoms with van der Waals surface area (Å²) in [6, 6.07) is 12.0. The van der Waals surface area contributed by atoms with Crippen LogP contribution in [-0.4, -0.2) is 48.6 Å². The molecule has 1 aromatic carbocycles. The average molecular weight is 355 g/mol. The van der Waals surface area contributed by atoms with E-state index in [-0.39, 0.29) is 23.6 Å². The summed E-state index contributed by atoms with van der Waals surface area (Å²) in [5.74, 6) is 0.882. The number of pyridine rings is 1. The summed E-state index contributed by atoms with van der Waals surface area (Å²) < 4.78 is 19.1. The summed E-state index contributed by atoms with van der Waals surface area (Å²) in [5, 5.41) is 3.39. The molecule has 0 aliphatic carbocycles. The molecule has 0 unspecified atom stereocenters. The summed E-state index contributed by atoms with van der Waals surface area (Å²) >= 11 is 0. The topological polar surface area (TPSA) is 54.5 Å². The van der Waals surface area contributed by atoms with Gasteiger partial charge in [0.05, 0.1) is 19.6 Å². The Morgan fingerprint density at radius 2 is 2.27 bits per heavy atom. The molecule has 2 saturated heterocycles. The van der Waals surface area contributed by atoms with Crippen LogP contribution in [0.15, 0.2) is 48.7 Å². The maximum atomic E-state index is 13.3. The van der Waals surface area contributed by atoms with E-state index in [4.69, 9.17) is 4.74 Å². The average Bonchev–Trinajstić information content (AvgIpc) is 3.18. The summed E-state index contributed by atoms with van der Waals surface area (Å²) in [6.07, 6.45) is 1.99. The molecule has 2 aliphatic heterocycles. The highest BCUT2D eigenvalue weighted by Gasteiger charge is 2.51. The number of hydrogen-bond acceptors (Lipinski definition) is 4. The first-order valence-corrected chi connectivity index (χ1v) is 8.89. The molecule has 0 bridgehead atoms. The molecule has 0 saturated carbocycles. The molecule has 3 heterocycles. The first-order valence-electron chi connectivity index (χ1n) is 8.89. The van der Waals surface area contributed by atoms with E-state index in [1.54, 1.807) is 18.3 Å². The Morgan fingerprint density at radius 3 is 3.08 bits per heavy atom. The maximum Gasteiger partial charge on any atom is 0.227 e. The van der Waals surface area contributed by atoms with Gasteiger partial charge in [0.1, 0.15) is 11.6 Å². The van der Waals surface area contributed by atoms with Gasteiger partial charge in [0.2, 0.25) is 5.91 Å². The number of halogens is 1. The Bertz CT molecular complexity index is 786. The number of carbonyl (C=O) groups excluding carboxylic acids is 1. The predicted octanol–water partition coefficient (Wildman–Crippen LogP) is 2.35. The minimum absolute atomic E-state index is 0.0437. The third-order valence-electron chi connectivity index (χ3n) is 5.40. The van der Waals surface area contributed by atoms with Gasteiger partial charge in [0, 0.05) is 37.2 Å². The minimum Gasteiger partial charge on any atom is -0.380 e. The van der Waals surface area contributed by atoms with Gasteiger partial charge in [-0.3, -0.25) is 4.79 Å². The fourth-order valence-electron chi connectivity index (χ4n) is 3.94. The molecule has 0 spiro atoms. The highest BCUT2D eigenvalue weighted by atomic mass is 19.1. The van der Waals surface area contributed by atoms with Crippen LogP contribution in [0.4, 0.5) is 10.2 Å². The number of amides is 1. The fourth-order valence-corrected chi connectivity index (χ4v) is 3.94. The van der Waals surface area contributed by atoms with Crippen molar-refractivity contribution in [3.05, 3.63) is 60.0 Å². The van der Waals surface area contributed by atoms with Crippen molar-refractivity contribution < 1.29 is 13.9 Å². The number of anilines is 1. The third-order valence-corrected chi connectivity index (χ3v) is 5.40. The number of hydrogen-bond donors (Lipinski definition) is 1. The standard InChI is InChI=1S/C20H22FN3O2/c21-17-5-3-4-15(8-17)9-19(25)24-10-16-11-26-14-20(16,13-24)12-23-18-6-1-2-7-22-18/h1-8,16H,9-14H2,(H,22,23)/t16-,20+/m1/s1. The highest BCUT2D eigenvalue weighted by molar-refractivity contribution is 5.79. The van der Waals surface area contributed by atoms with E-state index in [1.165, 1.54) is 12.1 Å². The SMILES string of the molecule is O=C(Cc1cccc(F)c1)N1C[C@@H]2COC[C@]2(CNc2ccccn2)C1. The lowest BCUT2D eigenvalue weighted by molar-refractivity contribution is -0.130. The monoisotopic (exact) mass is 355 g/mol. The van der Waals surface area contributed by atoms with Crippen LogP contribution < -0.4 is 5.32 Å². The molecule has 26 heavy (non-hydrogen) atoms. The zero-order chi connectivity index (χ0) is 18.0. The second-order valence-corrected chi connectivity index (χ2v) is 7.22. The lowest BCUT2D eigenvalue weighted by Crippen LogP contribution is -2.39. The largest absolute Gasteiger partial charge is 0.380 e. The molecule has 1 amide bonds. The van der Waals surface area contributed by atoms with Crippen LogP contribution in [0.3, 0.4) is 0 Å². The molecular formula is C20H22FN3O2. The van der Waals surface area contributed by atoms with Gasteiger partial charge in [-0.25, -0.2) is 9.37 Å². The number of ether oxygens (including phenoxy) is 1. The van der Waals surface area contributed by atoms with Crippen molar-refractivity contribution in [2.45, 2.75) is 6.42 Å². The number of rotatable bonds is 5. The van der Waals surface area contributed by atoms with Crippen molar-refractivity contribution in [2.24, 2.45) is 11.3 Å². The van der Waals surface area contributed by atoms with Crippen LogP contribution in [0.2, 0.25) is 0 Å². The second-order valence-electron chi connectivity index (χ2n) is 7.22. The van der Waals surface area contributed by atoms with Crippen LogP contribution in [0, 0.1) is 17.2 Å². The Balaban J connectivity index is 1.42. The maximum absolute atomic E-state index is 13.3. The van der Waals surface area contributed by atoms with Gasteiger partial charge in [-0.1, -0.05) is 18.2 Å². The van der Waals surface area contributed by atoms with Crippen molar-refractivity contribution in [3.63, 3.8) is 0 Å². The quantitative estimate of drug-likeness (QED) is 0.895. The lowest BCUT2D eigenvalue weighted by Gasteiger charge is -2.27. The number of nitrogens with zero attached hydrogens (tertiary/aromatic N) is 2. The van der Waals surface area contributed by atoms with Crippen LogP contribution in [0.5, 0.6) is 0 Å². The van der Waals surface area contributed by atoms with Crippen LogP contribution in [0.1, 0.15) is 5.56 Å². The van der Waals surface area contributed by atoms with E-state index in [0.717, 1.165) is 12.4 Å². The zero-order valence-electron chi connectivity index (χ0n) is 14.5. The minimum atomic E-state index is -0.307. The van der Waals surface area contributed by atoms with Crippen molar-refractivity contribution in [2.75, 3.05) is 38.2 Å². The number of aromatic nitrogens is 1. The Labute approximate surface area is 152 Å². The summed E-state index contributed by atoms with van der Waals surface area (Å²) in [7, 11) is 0. The molecule has 2 fully saturated rings. The molecule has 1 aromatic heterocycles. The summed E-state index contributed by atoms with van der Waals surface area (Å²) in [4.78, 5) is 18.9. The van der Waals surface area contributed by atoms with Gasteiger partial charge in [-0.2, -0.15) is 0 Å². The second kappa shape index (κ2) is 7.03. The molecule has 5 nitrogen and oxygen atoms in total. The molecule has 2 aliphatic rings. The molecule has 6 heteroatoms. The fraction of sp³-hybridized carbons (Fsp3) is 0.400. The van der Waals surface area contributed by atoms with E-state index in [1.807, 2.05) is 23.1 Å². The van der Waals surface area contributed by atoms with Gasteiger partial charge in [0.15, 0.2) is 0 Å². The molecule has 2 atom stereocenters. The molecule has 0 radical (unpaired) electrons.